The normalized spacial score (nSPS) is 15.1. The molecule has 0 aliphatic carbocycles. The Kier molecular flexibility index (Phi) is 5.39. The summed E-state index contributed by atoms with van der Waals surface area (Å²) in [5.41, 5.74) is 6.09. The molecule has 0 saturated carbocycles. The molecule has 3 nitrogen and oxygen atoms in total. The first-order chi connectivity index (χ1) is 8.74. The SMILES string of the molecule is CC(O)(CN)CCCOc1cccc(C(C)(C)C)c1. The second kappa shape index (κ2) is 6.40. The Morgan fingerprint density at radius 1 is 1.21 bits per heavy atom. The average molecular weight is 265 g/mol. The minimum atomic E-state index is -0.781. The molecule has 1 unspecified atom stereocenters. The molecule has 0 aliphatic heterocycles. The Morgan fingerprint density at radius 2 is 1.89 bits per heavy atom. The second-order valence-corrected chi connectivity index (χ2v) is 6.43. The molecule has 1 atom stereocenters. The number of rotatable bonds is 6. The number of benzene rings is 1. The van der Waals surface area contributed by atoms with Crippen LogP contribution in [0.5, 0.6) is 5.75 Å². The summed E-state index contributed by atoms with van der Waals surface area (Å²) in [7, 11) is 0. The molecule has 0 aliphatic rings. The fourth-order valence-corrected chi connectivity index (χ4v) is 1.80. The zero-order valence-corrected chi connectivity index (χ0v) is 12.6. The van der Waals surface area contributed by atoms with Gasteiger partial charge in [-0.05, 0) is 42.9 Å². The van der Waals surface area contributed by atoms with Gasteiger partial charge in [0.05, 0.1) is 12.2 Å². The molecule has 3 N–H and O–H groups in total. The summed E-state index contributed by atoms with van der Waals surface area (Å²) in [6, 6.07) is 8.19. The Balaban J connectivity index is 2.46. The molecule has 1 rings (SSSR count). The Labute approximate surface area is 116 Å². The highest BCUT2D eigenvalue weighted by Crippen LogP contribution is 2.25. The highest BCUT2D eigenvalue weighted by Gasteiger charge is 2.17. The lowest BCUT2D eigenvalue weighted by atomic mass is 9.87. The molecular formula is C16H27NO2. The van der Waals surface area contributed by atoms with Crippen molar-refractivity contribution in [2.24, 2.45) is 5.73 Å². The first kappa shape index (κ1) is 16.0. The smallest absolute Gasteiger partial charge is 0.119 e. The van der Waals surface area contributed by atoms with Crippen LogP contribution in [-0.2, 0) is 5.41 Å². The van der Waals surface area contributed by atoms with Gasteiger partial charge in [-0.25, -0.2) is 0 Å². The standard InChI is InChI=1S/C16H27NO2/c1-15(2,3)13-7-5-8-14(11-13)19-10-6-9-16(4,18)12-17/h5,7-8,11,18H,6,9-10,12,17H2,1-4H3. The van der Waals surface area contributed by atoms with E-state index in [-0.39, 0.29) is 12.0 Å². The molecular weight excluding hydrogens is 238 g/mol. The molecule has 1 aromatic rings. The fraction of sp³-hybridized carbons (Fsp3) is 0.625. The van der Waals surface area contributed by atoms with Gasteiger partial charge < -0.3 is 15.6 Å². The molecule has 0 radical (unpaired) electrons. The van der Waals surface area contributed by atoms with E-state index in [4.69, 9.17) is 10.5 Å². The van der Waals surface area contributed by atoms with Crippen molar-refractivity contribution in [3.8, 4) is 5.75 Å². The monoisotopic (exact) mass is 265 g/mol. The molecule has 0 saturated heterocycles. The Hall–Kier alpha value is -1.06. The van der Waals surface area contributed by atoms with Crippen molar-refractivity contribution < 1.29 is 9.84 Å². The van der Waals surface area contributed by atoms with Crippen LogP contribution in [0.25, 0.3) is 0 Å². The third kappa shape index (κ3) is 5.62. The van der Waals surface area contributed by atoms with Crippen LogP contribution in [-0.4, -0.2) is 23.9 Å². The van der Waals surface area contributed by atoms with Gasteiger partial charge in [0.1, 0.15) is 5.75 Å². The molecule has 0 spiro atoms. The van der Waals surface area contributed by atoms with E-state index < -0.39 is 5.60 Å². The van der Waals surface area contributed by atoms with Gasteiger partial charge in [-0.3, -0.25) is 0 Å². The lowest BCUT2D eigenvalue weighted by Crippen LogP contribution is -2.34. The largest absolute Gasteiger partial charge is 0.494 e. The molecule has 0 heterocycles. The van der Waals surface area contributed by atoms with E-state index in [1.807, 2.05) is 12.1 Å². The maximum atomic E-state index is 9.79. The summed E-state index contributed by atoms with van der Waals surface area (Å²) in [4.78, 5) is 0. The van der Waals surface area contributed by atoms with Crippen LogP contribution in [0, 0.1) is 0 Å². The van der Waals surface area contributed by atoms with Crippen LogP contribution in [0.4, 0.5) is 0 Å². The van der Waals surface area contributed by atoms with Crippen molar-refractivity contribution >= 4 is 0 Å². The van der Waals surface area contributed by atoms with Crippen LogP contribution in [0.3, 0.4) is 0 Å². The Bertz CT molecular complexity index is 394. The van der Waals surface area contributed by atoms with Crippen molar-refractivity contribution in [3.05, 3.63) is 29.8 Å². The molecule has 0 aromatic heterocycles. The molecule has 3 heteroatoms. The predicted molar refractivity (Wildman–Crippen MR) is 79.5 cm³/mol. The number of ether oxygens (including phenoxy) is 1. The van der Waals surface area contributed by atoms with Gasteiger partial charge >= 0.3 is 0 Å². The molecule has 108 valence electrons. The van der Waals surface area contributed by atoms with Gasteiger partial charge in [-0.1, -0.05) is 32.9 Å². The molecule has 19 heavy (non-hydrogen) atoms. The third-order valence-corrected chi connectivity index (χ3v) is 3.27. The summed E-state index contributed by atoms with van der Waals surface area (Å²) in [6.45, 7) is 9.20. The lowest BCUT2D eigenvalue weighted by molar-refractivity contribution is 0.0536. The van der Waals surface area contributed by atoms with E-state index in [0.717, 1.165) is 12.2 Å². The summed E-state index contributed by atoms with van der Waals surface area (Å²) in [5.74, 6) is 0.889. The number of hydrogen-bond donors (Lipinski definition) is 2. The highest BCUT2D eigenvalue weighted by atomic mass is 16.5. The minimum absolute atomic E-state index is 0.128. The van der Waals surface area contributed by atoms with Gasteiger partial charge in [0.2, 0.25) is 0 Å². The topological polar surface area (TPSA) is 55.5 Å². The van der Waals surface area contributed by atoms with Crippen molar-refractivity contribution in [2.75, 3.05) is 13.2 Å². The van der Waals surface area contributed by atoms with Gasteiger partial charge in [0.25, 0.3) is 0 Å². The van der Waals surface area contributed by atoms with Gasteiger partial charge in [-0.2, -0.15) is 0 Å². The maximum absolute atomic E-state index is 9.79. The van der Waals surface area contributed by atoms with Crippen LogP contribution in [0.2, 0.25) is 0 Å². The molecule has 1 aromatic carbocycles. The summed E-state index contributed by atoms with van der Waals surface area (Å²) < 4.78 is 5.73. The van der Waals surface area contributed by atoms with Gasteiger partial charge in [0, 0.05) is 6.54 Å². The minimum Gasteiger partial charge on any atom is -0.494 e. The van der Waals surface area contributed by atoms with Gasteiger partial charge in [-0.15, -0.1) is 0 Å². The van der Waals surface area contributed by atoms with Crippen LogP contribution in [0.1, 0.15) is 46.1 Å². The molecule has 0 bridgehead atoms. The van der Waals surface area contributed by atoms with E-state index in [9.17, 15) is 5.11 Å². The van der Waals surface area contributed by atoms with Crippen molar-refractivity contribution in [2.45, 2.75) is 51.6 Å². The second-order valence-electron chi connectivity index (χ2n) is 6.43. The molecule has 0 amide bonds. The van der Waals surface area contributed by atoms with Gasteiger partial charge in [0.15, 0.2) is 0 Å². The third-order valence-electron chi connectivity index (χ3n) is 3.27. The van der Waals surface area contributed by atoms with Crippen LogP contribution >= 0.6 is 0 Å². The Morgan fingerprint density at radius 3 is 2.47 bits per heavy atom. The van der Waals surface area contributed by atoms with Crippen molar-refractivity contribution in [1.82, 2.24) is 0 Å². The number of nitrogens with two attached hydrogens (primary N) is 1. The summed E-state index contributed by atoms with van der Waals surface area (Å²) in [5, 5.41) is 9.79. The first-order valence-corrected chi connectivity index (χ1v) is 6.90. The quantitative estimate of drug-likeness (QED) is 0.778. The maximum Gasteiger partial charge on any atom is 0.119 e. The first-order valence-electron chi connectivity index (χ1n) is 6.90. The summed E-state index contributed by atoms with van der Waals surface area (Å²) >= 11 is 0. The van der Waals surface area contributed by atoms with E-state index in [1.165, 1.54) is 5.56 Å². The van der Waals surface area contributed by atoms with Crippen LogP contribution < -0.4 is 10.5 Å². The van der Waals surface area contributed by atoms with Crippen molar-refractivity contribution in [1.29, 1.82) is 0 Å². The van der Waals surface area contributed by atoms with E-state index in [0.29, 0.717) is 13.0 Å². The highest BCUT2D eigenvalue weighted by molar-refractivity contribution is 5.32. The number of aliphatic hydroxyl groups is 1. The zero-order valence-electron chi connectivity index (χ0n) is 12.6. The lowest BCUT2D eigenvalue weighted by Gasteiger charge is -2.21. The van der Waals surface area contributed by atoms with Crippen LogP contribution in [0.15, 0.2) is 24.3 Å². The zero-order chi connectivity index (χ0) is 14.5. The fourth-order valence-electron chi connectivity index (χ4n) is 1.80. The molecule has 0 fully saturated rings. The van der Waals surface area contributed by atoms with E-state index in [2.05, 4.69) is 32.9 Å². The van der Waals surface area contributed by atoms with E-state index in [1.54, 1.807) is 6.92 Å². The van der Waals surface area contributed by atoms with Crippen molar-refractivity contribution in [3.63, 3.8) is 0 Å². The predicted octanol–water partition coefficient (Wildman–Crippen LogP) is 2.85. The summed E-state index contributed by atoms with van der Waals surface area (Å²) in [6.07, 6.45) is 1.45. The number of hydrogen-bond acceptors (Lipinski definition) is 3. The average Bonchev–Trinajstić information content (AvgIpc) is 2.34. The van der Waals surface area contributed by atoms with E-state index >= 15 is 0 Å².